The lowest BCUT2D eigenvalue weighted by Gasteiger charge is -1.98. The van der Waals surface area contributed by atoms with Gasteiger partial charge in [0.1, 0.15) is 0 Å². The molecule has 2 aliphatic rings. The Morgan fingerprint density at radius 1 is 0.741 bits per heavy atom. The van der Waals surface area contributed by atoms with Crippen LogP contribution in [0.5, 0.6) is 0 Å². The maximum Gasteiger partial charge on any atom is 0.0693 e. The minimum atomic E-state index is 0.747. The molecule has 8 bridgehead atoms. The lowest BCUT2D eigenvalue weighted by molar-refractivity contribution is 1.20. The van der Waals surface area contributed by atoms with Gasteiger partial charge >= 0.3 is 0 Å². The maximum absolute atomic E-state index is 4.81. The van der Waals surface area contributed by atoms with E-state index in [9.17, 15) is 0 Å². The van der Waals surface area contributed by atoms with E-state index < -0.39 is 0 Å². The molecular weight excluding hydrogens is 332 g/mol. The molecule has 3 aromatic rings. The van der Waals surface area contributed by atoms with Crippen molar-refractivity contribution in [3.8, 4) is 0 Å². The van der Waals surface area contributed by atoms with Crippen molar-refractivity contribution in [2.45, 2.75) is 6.42 Å². The van der Waals surface area contributed by atoms with Gasteiger partial charge in [0.15, 0.2) is 0 Å². The molecule has 4 heteroatoms. The SMILES string of the molecule is C=CCc1c2nc(cc3ccc(cc4nc(cc5ccc1[nH]5)C=C4)[nH]3)C=C2. The van der Waals surface area contributed by atoms with Crippen LogP contribution in [0.25, 0.3) is 46.4 Å². The molecule has 0 unspecified atom stereocenters. The predicted octanol–water partition coefficient (Wildman–Crippen LogP) is 5.38. The van der Waals surface area contributed by atoms with Crippen LogP contribution >= 0.6 is 0 Å². The van der Waals surface area contributed by atoms with Gasteiger partial charge in [-0.05, 0) is 73.2 Å². The molecule has 0 fully saturated rings. The van der Waals surface area contributed by atoms with Crippen LogP contribution in [0.2, 0.25) is 0 Å². The number of aromatic nitrogens is 4. The van der Waals surface area contributed by atoms with E-state index in [1.54, 1.807) is 0 Å². The Morgan fingerprint density at radius 3 is 2.04 bits per heavy atom. The summed E-state index contributed by atoms with van der Waals surface area (Å²) in [5.41, 5.74) is 9.00. The fourth-order valence-corrected chi connectivity index (χ4v) is 3.43. The fourth-order valence-electron chi connectivity index (χ4n) is 3.43. The van der Waals surface area contributed by atoms with E-state index >= 15 is 0 Å². The highest BCUT2D eigenvalue weighted by molar-refractivity contribution is 5.79. The highest BCUT2D eigenvalue weighted by Crippen LogP contribution is 2.21. The molecule has 27 heavy (non-hydrogen) atoms. The van der Waals surface area contributed by atoms with Gasteiger partial charge in [0.05, 0.1) is 22.8 Å². The smallest absolute Gasteiger partial charge is 0.0693 e. The highest BCUT2D eigenvalue weighted by atomic mass is 14.8. The van der Waals surface area contributed by atoms with Crippen LogP contribution in [0.15, 0.2) is 55.1 Å². The second kappa shape index (κ2) is 6.25. The third-order valence-electron chi connectivity index (χ3n) is 4.68. The molecule has 2 N–H and O–H groups in total. The van der Waals surface area contributed by atoms with Gasteiger partial charge in [-0.1, -0.05) is 6.08 Å². The van der Waals surface area contributed by atoms with Crippen molar-refractivity contribution in [3.63, 3.8) is 0 Å². The lowest BCUT2D eigenvalue weighted by Crippen LogP contribution is -1.88. The number of nitrogens with one attached hydrogen (secondary N) is 2. The number of nitrogens with zero attached hydrogens (tertiary/aromatic N) is 2. The van der Waals surface area contributed by atoms with E-state index in [2.05, 4.69) is 64.0 Å². The van der Waals surface area contributed by atoms with Crippen LogP contribution in [0.1, 0.15) is 28.3 Å². The van der Waals surface area contributed by atoms with Crippen LogP contribution in [-0.2, 0) is 6.42 Å². The zero-order valence-corrected chi connectivity index (χ0v) is 14.7. The Bertz CT molecular complexity index is 1270. The minimum Gasteiger partial charge on any atom is -0.355 e. The van der Waals surface area contributed by atoms with Crippen LogP contribution in [0, 0.1) is 0 Å². The molecule has 0 spiro atoms. The monoisotopic (exact) mass is 350 g/mol. The van der Waals surface area contributed by atoms with Gasteiger partial charge < -0.3 is 9.97 Å². The largest absolute Gasteiger partial charge is 0.355 e. The van der Waals surface area contributed by atoms with Crippen molar-refractivity contribution < 1.29 is 0 Å². The molecule has 0 aromatic carbocycles. The minimum absolute atomic E-state index is 0.747. The topological polar surface area (TPSA) is 57.4 Å². The molecule has 4 nitrogen and oxygen atoms in total. The van der Waals surface area contributed by atoms with Gasteiger partial charge in [0, 0.05) is 27.6 Å². The maximum atomic E-state index is 4.81. The summed E-state index contributed by atoms with van der Waals surface area (Å²) in [5, 5.41) is 0. The molecule has 2 aliphatic heterocycles. The quantitative estimate of drug-likeness (QED) is 0.420. The van der Waals surface area contributed by atoms with Gasteiger partial charge in [-0.25, -0.2) is 9.97 Å². The van der Waals surface area contributed by atoms with Crippen molar-refractivity contribution in [2.24, 2.45) is 0 Å². The summed E-state index contributed by atoms with van der Waals surface area (Å²) in [6.07, 6.45) is 10.8. The Balaban J connectivity index is 1.87. The van der Waals surface area contributed by atoms with Gasteiger partial charge in [-0.3, -0.25) is 0 Å². The Morgan fingerprint density at radius 2 is 1.33 bits per heavy atom. The van der Waals surface area contributed by atoms with Crippen LogP contribution in [0.3, 0.4) is 0 Å². The molecule has 0 atom stereocenters. The fraction of sp³-hybridized carbons (Fsp3) is 0.0435. The summed E-state index contributed by atoms with van der Waals surface area (Å²) in [5.74, 6) is 0. The van der Waals surface area contributed by atoms with Crippen molar-refractivity contribution in [1.82, 2.24) is 19.9 Å². The summed E-state index contributed by atoms with van der Waals surface area (Å²) >= 11 is 0. The van der Waals surface area contributed by atoms with E-state index in [-0.39, 0.29) is 0 Å². The normalized spacial score (nSPS) is 12.4. The van der Waals surface area contributed by atoms with Crippen molar-refractivity contribution >= 4 is 46.4 Å². The molecule has 5 heterocycles. The summed E-state index contributed by atoms with van der Waals surface area (Å²) in [4.78, 5) is 16.4. The second-order valence-corrected chi connectivity index (χ2v) is 6.65. The molecule has 5 rings (SSSR count). The second-order valence-electron chi connectivity index (χ2n) is 6.65. The van der Waals surface area contributed by atoms with E-state index in [4.69, 9.17) is 4.98 Å². The average Bonchev–Trinajstić information content (AvgIpc) is 3.43. The van der Waals surface area contributed by atoms with Crippen LogP contribution < -0.4 is 0 Å². The Labute approximate surface area is 156 Å². The zero-order valence-electron chi connectivity index (χ0n) is 14.7. The lowest BCUT2D eigenvalue weighted by atomic mass is 10.1. The van der Waals surface area contributed by atoms with Gasteiger partial charge in [-0.15, -0.1) is 6.58 Å². The third kappa shape index (κ3) is 3.02. The predicted molar refractivity (Wildman–Crippen MR) is 113 cm³/mol. The molecule has 0 aliphatic carbocycles. The first-order valence-electron chi connectivity index (χ1n) is 8.94. The first-order chi connectivity index (χ1) is 13.3. The summed E-state index contributed by atoms with van der Waals surface area (Å²) in [6.45, 7) is 3.91. The van der Waals surface area contributed by atoms with Crippen LogP contribution in [0.4, 0.5) is 0 Å². The van der Waals surface area contributed by atoms with E-state index in [0.29, 0.717) is 0 Å². The summed E-state index contributed by atoms with van der Waals surface area (Å²) < 4.78 is 0. The summed E-state index contributed by atoms with van der Waals surface area (Å²) in [6, 6.07) is 14.4. The Kier molecular flexibility index (Phi) is 3.61. The Hall–Kier alpha value is -3.66. The van der Waals surface area contributed by atoms with E-state index in [1.165, 1.54) is 0 Å². The summed E-state index contributed by atoms with van der Waals surface area (Å²) in [7, 11) is 0. The number of rotatable bonds is 2. The highest BCUT2D eigenvalue weighted by Gasteiger charge is 2.07. The molecule has 0 amide bonds. The molecular formula is C23H18N4. The zero-order chi connectivity index (χ0) is 18.2. The number of allylic oxidation sites excluding steroid dienone is 1. The van der Waals surface area contributed by atoms with Crippen molar-refractivity contribution in [1.29, 1.82) is 0 Å². The number of hydrogen-bond acceptors (Lipinski definition) is 2. The molecule has 0 saturated carbocycles. The van der Waals surface area contributed by atoms with E-state index in [0.717, 1.165) is 56.8 Å². The average molecular weight is 350 g/mol. The molecule has 0 radical (unpaired) electrons. The van der Waals surface area contributed by atoms with Crippen molar-refractivity contribution in [3.05, 3.63) is 83.5 Å². The third-order valence-corrected chi connectivity index (χ3v) is 4.68. The first kappa shape index (κ1) is 15.6. The van der Waals surface area contributed by atoms with Crippen LogP contribution in [-0.4, -0.2) is 19.9 Å². The molecule has 130 valence electrons. The first-order valence-corrected chi connectivity index (χ1v) is 8.94. The van der Waals surface area contributed by atoms with Gasteiger partial charge in [0.2, 0.25) is 0 Å². The number of fused-ring (bicyclic) bond motifs is 8. The van der Waals surface area contributed by atoms with Gasteiger partial charge in [-0.2, -0.15) is 0 Å². The van der Waals surface area contributed by atoms with E-state index in [1.807, 2.05) is 30.4 Å². The number of hydrogen-bond donors (Lipinski definition) is 2. The van der Waals surface area contributed by atoms with Gasteiger partial charge in [0.25, 0.3) is 0 Å². The number of H-pyrrole nitrogens is 2. The number of aromatic amines is 2. The molecule has 3 aromatic heterocycles. The molecule has 0 saturated heterocycles. The standard InChI is InChI=1S/C23H18N4/c1-2-3-21-22-10-8-19(26-22)13-17-6-4-15(24-17)12-16-5-7-18(25-16)14-20-9-11-23(21)27-20/h2,4-14,24,27H,1,3H2. The van der Waals surface area contributed by atoms with Crippen molar-refractivity contribution in [2.75, 3.05) is 0 Å².